The van der Waals surface area contributed by atoms with Crippen LogP contribution in [0.15, 0.2) is 51.5 Å². The minimum absolute atomic E-state index is 0.0122. The van der Waals surface area contributed by atoms with Crippen LogP contribution in [0.3, 0.4) is 0 Å². The molecule has 0 saturated carbocycles. The monoisotopic (exact) mass is 298 g/mol. The molecule has 0 aliphatic carbocycles. The third-order valence-electron chi connectivity index (χ3n) is 3.15. The second-order valence-electron chi connectivity index (χ2n) is 4.62. The zero-order valence-electron chi connectivity index (χ0n) is 11.5. The number of oxime groups is 1. The zero-order chi connectivity index (χ0) is 15.7. The van der Waals surface area contributed by atoms with Crippen molar-refractivity contribution >= 4 is 23.4 Å². The van der Waals surface area contributed by atoms with Gasteiger partial charge in [-0.2, -0.15) is 0 Å². The Morgan fingerprint density at radius 3 is 2.50 bits per heavy atom. The summed E-state index contributed by atoms with van der Waals surface area (Å²) in [5.41, 5.74) is 1.54. The van der Waals surface area contributed by atoms with E-state index < -0.39 is 10.9 Å². The van der Waals surface area contributed by atoms with Gasteiger partial charge >= 0.3 is 5.97 Å². The van der Waals surface area contributed by atoms with Crippen molar-refractivity contribution < 1.29 is 19.0 Å². The Kier molecular flexibility index (Phi) is 3.30. The van der Waals surface area contributed by atoms with Gasteiger partial charge in [-0.25, -0.2) is 4.79 Å². The van der Waals surface area contributed by atoms with Gasteiger partial charge in [0.05, 0.1) is 16.2 Å². The molecule has 2 heterocycles. The summed E-state index contributed by atoms with van der Waals surface area (Å²) in [6.07, 6.45) is 1.54. The number of furan rings is 1. The predicted molar refractivity (Wildman–Crippen MR) is 78.0 cm³/mol. The first-order valence-electron chi connectivity index (χ1n) is 6.37. The van der Waals surface area contributed by atoms with E-state index in [0.29, 0.717) is 28.4 Å². The highest BCUT2D eigenvalue weighted by Gasteiger charge is 2.22. The summed E-state index contributed by atoms with van der Waals surface area (Å²) in [5.74, 6) is 0.491. The van der Waals surface area contributed by atoms with E-state index in [0.717, 1.165) is 0 Å². The first-order chi connectivity index (χ1) is 10.5. The van der Waals surface area contributed by atoms with Gasteiger partial charge in [0, 0.05) is 17.7 Å². The van der Waals surface area contributed by atoms with Gasteiger partial charge in [0.15, 0.2) is 0 Å². The standard InChI is InChI=1S/C15H10N2O5/c1-9-13(15(18)22-16-9)8-12-6-7-14(21-12)10-2-4-11(5-3-10)17(19)20/h2-8H,1H3/b13-8+. The van der Waals surface area contributed by atoms with E-state index in [9.17, 15) is 14.9 Å². The largest absolute Gasteiger partial charge is 0.457 e. The molecule has 3 rings (SSSR count). The van der Waals surface area contributed by atoms with E-state index in [4.69, 9.17) is 4.42 Å². The number of nitro benzene ring substituents is 1. The molecule has 7 heteroatoms. The minimum Gasteiger partial charge on any atom is -0.457 e. The van der Waals surface area contributed by atoms with Gasteiger partial charge < -0.3 is 9.25 Å². The van der Waals surface area contributed by atoms with Crippen molar-refractivity contribution in [3.8, 4) is 11.3 Å². The van der Waals surface area contributed by atoms with Gasteiger partial charge in [-0.15, -0.1) is 0 Å². The smallest absolute Gasteiger partial charge is 0.367 e. The number of rotatable bonds is 3. The fourth-order valence-electron chi connectivity index (χ4n) is 1.99. The lowest BCUT2D eigenvalue weighted by molar-refractivity contribution is -0.384. The highest BCUT2D eigenvalue weighted by Crippen LogP contribution is 2.26. The van der Waals surface area contributed by atoms with Gasteiger partial charge in [0.25, 0.3) is 5.69 Å². The van der Waals surface area contributed by atoms with Gasteiger partial charge in [-0.1, -0.05) is 5.16 Å². The van der Waals surface area contributed by atoms with Crippen LogP contribution in [0, 0.1) is 10.1 Å². The first kappa shape index (κ1) is 13.7. The summed E-state index contributed by atoms with van der Waals surface area (Å²) in [6, 6.07) is 9.43. The molecule has 0 amide bonds. The Hall–Kier alpha value is -3.22. The van der Waals surface area contributed by atoms with E-state index in [1.807, 2.05) is 0 Å². The van der Waals surface area contributed by atoms with Gasteiger partial charge in [-0.3, -0.25) is 10.1 Å². The predicted octanol–water partition coefficient (Wildman–Crippen LogP) is 3.17. The van der Waals surface area contributed by atoms with Crippen molar-refractivity contribution in [1.29, 1.82) is 0 Å². The van der Waals surface area contributed by atoms with Crippen LogP contribution in [0.5, 0.6) is 0 Å². The molecular formula is C15H10N2O5. The second kappa shape index (κ2) is 5.28. The first-order valence-corrected chi connectivity index (χ1v) is 6.37. The lowest BCUT2D eigenvalue weighted by Gasteiger charge is -1.96. The number of nitro groups is 1. The number of nitrogens with zero attached hydrogens (tertiary/aromatic N) is 2. The fraction of sp³-hybridized carbons (Fsp3) is 0.0667. The van der Waals surface area contributed by atoms with E-state index in [1.54, 1.807) is 37.3 Å². The summed E-state index contributed by atoms with van der Waals surface area (Å²) in [4.78, 5) is 26.2. The molecule has 1 aromatic carbocycles. The number of benzene rings is 1. The number of carbonyl (C=O) groups is 1. The highest BCUT2D eigenvalue weighted by atomic mass is 16.7. The number of non-ortho nitro benzene ring substituents is 1. The molecule has 0 saturated heterocycles. The summed E-state index contributed by atoms with van der Waals surface area (Å²) < 4.78 is 5.62. The van der Waals surface area contributed by atoms with E-state index >= 15 is 0 Å². The van der Waals surface area contributed by atoms with Crippen molar-refractivity contribution in [1.82, 2.24) is 0 Å². The Balaban J connectivity index is 1.88. The van der Waals surface area contributed by atoms with Gasteiger partial charge in [0.1, 0.15) is 11.5 Å². The van der Waals surface area contributed by atoms with Crippen LogP contribution in [-0.4, -0.2) is 16.6 Å². The van der Waals surface area contributed by atoms with Crippen LogP contribution >= 0.6 is 0 Å². The summed E-state index contributed by atoms with van der Waals surface area (Å²) in [5, 5.41) is 14.2. The van der Waals surface area contributed by atoms with Crippen molar-refractivity contribution in [2.24, 2.45) is 5.16 Å². The Morgan fingerprint density at radius 2 is 1.91 bits per heavy atom. The fourth-order valence-corrected chi connectivity index (χ4v) is 1.99. The van der Waals surface area contributed by atoms with Crippen LogP contribution in [-0.2, 0) is 9.63 Å². The normalized spacial score (nSPS) is 15.8. The van der Waals surface area contributed by atoms with Crippen molar-refractivity contribution in [2.75, 3.05) is 0 Å². The van der Waals surface area contributed by atoms with Crippen LogP contribution in [0.25, 0.3) is 17.4 Å². The van der Waals surface area contributed by atoms with Crippen LogP contribution < -0.4 is 0 Å². The van der Waals surface area contributed by atoms with Crippen molar-refractivity contribution in [3.05, 3.63) is 57.8 Å². The van der Waals surface area contributed by atoms with Crippen LogP contribution in [0.4, 0.5) is 5.69 Å². The molecule has 0 radical (unpaired) electrons. The topological polar surface area (TPSA) is 94.9 Å². The SMILES string of the molecule is CC1=NOC(=O)/C1=C/c1ccc(-c2ccc([N+](=O)[O-])cc2)o1. The van der Waals surface area contributed by atoms with E-state index in [1.165, 1.54) is 12.1 Å². The summed E-state index contributed by atoms with van der Waals surface area (Å²) in [6.45, 7) is 1.66. The molecule has 0 spiro atoms. The molecule has 0 unspecified atom stereocenters. The van der Waals surface area contributed by atoms with Gasteiger partial charge in [0.2, 0.25) is 0 Å². The average Bonchev–Trinajstić information content (AvgIpc) is 3.10. The molecule has 2 aromatic rings. The third-order valence-corrected chi connectivity index (χ3v) is 3.15. The second-order valence-corrected chi connectivity index (χ2v) is 4.62. The third kappa shape index (κ3) is 2.51. The maximum absolute atomic E-state index is 11.5. The van der Waals surface area contributed by atoms with Crippen molar-refractivity contribution in [3.63, 3.8) is 0 Å². The van der Waals surface area contributed by atoms with Crippen LogP contribution in [0.1, 0.15) is 12.7 Å². The number of hydrogen-bond donors (Lipinski definition) is 0. The maximum Gasteiger partial charge on any atom is 0.367 e. The molecular weight excluding hydrogens is 288 g/mol. The lowest BCUT2D eigenvalue weighted by atomic mass is 10.1. The highest BCUT2D eigenvalue weighted by molar-refractivity contribution is 6.24. The molecule has 22 heavy (non-hydrogen) atoms. The molecule has 7 nitrogen and oxygen atoms in total. The summed E-state index contributed by atoms with van der Waals surface area (Å²) >= 11 is 0. The van der Waals surface area contributed by atoms with E-state index in [-0.39, 0.29) is 5.69 Å². The molecule has 0 bridgehead atoms. The molecule has 1 aliphatic rings. The average molecular weight is 298 g/mol. The maximum atomic E-state index is 11.5. The number of carbonyl (C=O) groups excluding carboxylic acids is 1. The Morgan fingerprint density at radius 1 is 1.18 bits per heavy atom. The van der Waals surface area contributed by atoms with Gasteiger partial charge in [-0.05, 0) is 37.3 Å². The Labute approximate surface area is 124 Å². The zero-order valence-corrected chi connectivity index (χ0v) is 11.5. The van der Waals surface area contributed by atoms with Crippen LogP contribution in [0.2, 0.25) is 0 Å². The van der Waals surface area contributed by atoms with Crippen molar-refractivity contribution in [2.45, 2.75) is 6.92 Å². The number of hydrogen-bond acceptors (Lipinski definition) is 6. The Bertz CT molecular complexity index is 815. The molecule has 1 aliphatic heterocycles. The summed E-state index contributed by atoms with van der Waals surface area (Å²) in [7, 11) is 0. The molecule has 1 aromatic heterocycles. The molecule has 0 fully saturated rings. The quantitative estimate of drug-likeness (QED) is 0.375. The molecule has 110 valence electrons. The lowest BCUT2D eigenvalue weighted by Crippen LogP contribution is -2.01. The molecule has 0 atom stereocenters. The molecule has 0 N–H and O–H groups in total. The minimum atomic E-state index is -0.522. The van der Waals surface area contributed by atoms with E-state index in [2.05, 4.69) is 9.99 Å².